The number of nitrogens with zero attached hydrogens (tertiary/aromatic N) is 2. The van der Waals surface area contributed by atoms with Crippen LogP contribution < -0.4 is 15.4 Å². The number of carboxylic acid groups (broad SMARTS) is 1. The fraction of sp³-hybridized carbons (Fsp3) is 0.150. The molecule has 34 heavy (non-hydrogen) atoms. The predicted molar refractivity (Wildman–Crippen MR) is 121 cm³/mol. The summed E-state index contributed by atoms with van der Waals surface area (Å²) < 4.78 is 58.1. The van der Waals surface area contributed by atoms with Crippen molar-refractivity contribution in [3.05, 3.63) is 65.4 Å². The van der Waals surface area contributed by atoms with Crippen molar-refractivity contribution in [2.24, 2.45) is 0 Å². The standard InChI is InChI=1S/C18H18ClN5O2S.C2HF3O2/c1-12-3-8-15(27(25,26)20-2)9-16(12)24-18-10-17(21-11-22-18)23-14-6-4-13(19)5-7-14;3-2(4,5)1(6)7/h3-11,20H,1-2H3,(H2,21,22,23,24);(H,6,7). The highest BCUT2D eigenvalue weighted by molar-refractivity contribution is 7.89. The van der Waals surface area contributed by atoms with Crippen LogP contribution in [0.5, 0.6) is 0 Å². The van der Waals surface area contributed by atoms with E-state index in [9.17, 15) is 21.6 Å². The molecule has 4 N–H and O–H groups in total. The summed E-state index contributed by atoms with van der Waals surface area (Å²) in [6, 6.07) is 13.8. The number of rotatable bonds is 6. The van der Waals surface area contributed by atoms with Gasteiger partial charge in [-0.15, -0.1) is 0 Å². The van der Waals surface area contributed by atoms with Crippen LogP contribution in [0.4, 0.5) is 36.2 Å². The molecular weight excluding hydrogens is 499 g/mol. The lowest BCUT2D eigenvalue weighted by molar-refractivity contribution is -0.192. The van der Waals surface area contributed by atoms with Crippen molar-refractivity contribution in [2.75, 3.05) is 17.7 Å². The second-order valence-corrected chi connectivity index (χ2v) is 8.86. The van der Waals surface area contributed by atoms with E-state index in [-0.39, 0.29) is 4.90 Å². The Morgan fingerprint density at radius 2 is 1.56 bits per heavy atom. The second kappa shape index (κ2) is 11.1. The Balaban J connectivity index is 0.000000509. The van der Waals surface area contributed by atoms with Crippen molar-refractivity contribution in [3.8, 4) is 0 Å². The Bertz CT molecular complexity index is 1260. The lowest BCUT2D eigenvalue weighted by Gasteiger charge is -2.12. The topological polar surface area (TPSA) is 133 Å². The number of anilines is 4. The summed E-state index contributed by atoms with van der Waals surface area (Å²) in [5, 5.41) is 14.1. The number of alkyl halides is 3. The van der Waals surface area contributed by atoms with Crippen LogP contribution in [0.1, 0.15) is 5.56 Å². The van der Waals surface area contributed by atoms with E-state index in [2.05, 4.69) is 25.3 Å². The monoisotopic (exact) mass is 517 g/mol. The van der Waals surface area contributed by atoms with Crippen LogP contribution in [0.3, 0.4) is 0 Å². The summed E-state index contributed by atoms with van der Waals surface area (Å²) in [7, 11) is -2.15. The molecule has 0 bridgehead atoms. The number of nitrogens with one attached hydrogen (secondary N) is 3. The number of benzene rings is 2. The molecule has 0 spiro atoms. The van der Waals surface area contributed by atoms with Crippen LogP contribution in [-0.2, 0) is 14.8 Å². The van der Waals surface area contributed by atoms with Gasteiger partial charge in [-0.05, 0) is 55.9 Å². The minimum absolute atomic E-state index is 0.173. The predicted octanol–water partition coefficient (Wildman–Crippen LogP) is 4.47. The van der Waals surface area contributed by atoms with Gasteiger partial charge >= 0.3 is 12.1 Å². The molecule has 0 aliphatic rings. The molecule has 0 saturated heterocycles. The molecule has 0 aliphatic heterocycles. The molecule has 9 nitrogen and oxygen atoms in total. The molecular formula is C20H19ClF3N5O4S. The first-order valence-electron chi connectivity index (χ1n) is 9.28. The van der Waals surface area contributed by atoms with Gasteiger partial charge in [-0.2, -0.15) is 13.2 Å². The van der Waals surface area contributed by atoms with Crippen LogP contribution in [0, 0.1) is 6.92 Å². The van der Waals surface area contributed by atoms with E-state index in [1.165, 1.54) is 13.4 Å². The van der Waals surface area contributed by atoms with Crippen LogP contribution in [0.15, 0.2) is 59.8 Å². The van der Waals surface area contributed by atoms with Crippen LogP contribution >= 0.6 is 11.6 Å². The number of aromatic nitrogens is 2. The van der Waals surface area contributed by atoms with Crippen molar-refractivity contribution < 1.29 is 31.5 Å². The lowest BCUT2D eigenvalue weighted by atomic mass is 10.2. The minimum atomic E-state index is -5.08. The van der Waals surface area contributed by atoms with Gasteiger partial charge in [0, 0.05) is 22.5 Å². The highest BCUT2D eigenvalue weighted by Crippen LogP contribution is 2.25. The third kappa shape index (κ3) is 7.86. The molecule has 0 radical (unpaired) electrons. The van der Waals surface area contributed by atoms with Gasteiger partial charge in [-0.1, -0.05) is 17.7 Å². The van der Waals surface area contributed by atoms with Crippen molar-refractivity contribution in [2.45, 2.75) is 18.0 Å². The van der Waals surface area contributed by atoms with Crippen LogP contribution in [0.25, 0.3) is 0 Å². The maximum atomic E-state index is 12.0. The fourth-order valence-corrected chi connectivity index (χ4v) is 3.22. The molecule has 3 aromatic rings. The summed E-state index contributed by atoms with van der Waals surface area (Å²) in [4.78, 5) is 17.5. The molecule has 0 unspecified atom stereocenters. The highest BCUT2D eigenvalue weighted by atomic mass is 35.5. The Labute approximate surface area is 198 Å². The number of hydrogen-bond acceptors (Lipinski definition) is 7. The SMILES string of the molecule is CNS(=O)(=O)c1ccc(C)c(Nc2cc(Nc3ccc(Cl)cc3)ncn2)c1.O=C(O)C(F)(F)F. The highest BCUT2D eigenvalue weighted by Gasteiger charge is 2.38. The van der Waals surface area contributed by atoms with E-state index in [1.807, 2.05) is 19.1 Å². The molecule has 0 saturated carbocycles. The Morgan fingerprint density at radius 3 is 2.09 bits per heavy atom. The van der Waals surface area contributed by atoms with Crippen LogP contribution in [-0.4, -0.2) is 42.7 Å². The average molecular weight is 518 g/mol. The zero-order valence-electron chi connectivity index (χ0n) is 17.7. The van der Waals surface area contributed by atoms with Crippen molar-refractivity contribution in [1.29, 1.82) is 0 Å². The lowest BCUT2D eigenvalue weighted by Crippen LogP contribution is -2.21. The Morgan fingerprint density at radius 1 is 1.00 bits per heavy atom. The number of halogens is 4. The van der Waals surface area contributed by atoms with Gasteiger partial charge in [0.1, 0.15) is 18.0 Å². The molecule has 1 heterocycles. The molecule has 182 valence electrons. The number of aliphatic carboxylic acids is 1. The first-order valence-corrected chi connectivity index (χ1v) is 11.1. The number of sulfonamides is 1. The normalized spacial score (nSPS) is 11.2. The molecule has 0 amide bonds. The van der Waals surface area contributed by atoms with E-state index in [0.717, 1.165) is 11.3 Å². The summed E-state index contributed by atoms with van der Waals surface area (Å²) >= 11 is 5.89. The summed E-state index contributed by atoms with van der Waals surface area (Å²) in [6.07, 6.45) is -3.66. The summed E-state index contributed by atoms with van der Waals surface area (Å²) in [5.41, 5.74) is 2.36. The van der Waals surface area contributed by atoms with Gasteiger partial charge in [-0.3, -0.25) is 0 Å². The third-order valence-corrected chi connectivity index (χ3v) is 5.74. The van der Waals surface area contributed by atoms with Crippen LogP contribution in [0.2, 0.25) is 5.02 Å². The van der Waals surface area contributed by atoms with E-state index in [4.69, 9.17) is 21.5 Å². The minimum Gasteiger partial charge on any atom is -0.475 e. The van der Waals surface area contributed by atoms with Crippen molar-refractivity contribution in [3.63, 3.8) is 0 Å². The number of carboxylic acids is 1. The maximum absolute atomic E-state index is 12.0. The second-order valence-electron chi connectivity index (χ2n) is 6.53. The molecule has 0 aliphatic carbocycles. The zero-order valence-corrected chi connectivity index (χ0v) is 19.3. The fourth-order valence-electron chi connectivity index (χ4n) is 2.33. The van der Waals surface area contributed by atoms with Gasteiger partial charge in [0.2, 0.25) is 10.0 Å². The Kier molecular flexibility index (Phi) is 8.79. The maximum Gasteiger partial charge on any atom is 0.490 e. The van der Waals surface area contributed by atoms with Gasteiger partial charge < -0.3 is 15.7 Å². The number of aryl methyl sites for hydroxylation is 1. The molecule has 0 atom stereocenters. The Hall–Kier alpha value is -3.42. The molecule has 0 fully saturated rings. The first kappa shape index (κ1) is 26.8. The first-order chi connectivity index (χ1) is 15.8. The number of carbonyl (C=O) groups is 1. The van der Waals surface area contributed by atoms with Gasteiger partial charge in [0.05, 0.1) is 4.90 Å². The van der Waals surface area contributed by atoms with E-state index >= 15 is 0 Å². The van der Waals surface area contributed by atoms with Gasteiger partial charge in [0.15, 0.2) is 0 Å². The van der Waals surface area contributed by atoms with Gasteiger partial charge in [0.25, 0.3) is 0 Å². The number of hydrogen-bond donors (Lipinski definition) is 4. The van der Waals surface area contributed by atoms with E-state index in [0.29, 0.717) is 22.3 Å². The van der Waals surface area contributed by atoms with E-state index in [1.54, 1.807) is 36.4 Å². The van der Waals surface area contributed by atoms with E-state index < -0.39 is 22.2 Å². The average Bonchev–Trinajstić information content (AvgIpc) is 2.77. The van der Waals surface area contributed by atoms with Gasteiger partial charge in [-0.25, -0.2) is 27.9 Å². The smallest absolute Gasteiger partial charge is 0.475 e. The molecule has 3 rings (SSSR count). The van der Waals surface area contributed by atoms with Crippen molar-refractivity contribution in [1.82, 2.24) is 14.7 Å². The summed E-state index contributed by atoms with van der Waals surface area (Å²) in [5.74, 6) is -1.64. The summed E-state index contributed by atoms with van der Waals surface area (Å²) in [6.45, 7) is 1.88. The zero-order chi connectivity index (χ0) is 25.5. The molecule has 1 aromatic heterocycles. The van der Waals surface area contributed by atoms with Crippen molar-refractivity contribution >= 4 is 50.6 Å². The molecule has 2 aromatic carbocycles. The quantitative estimate of drug-likeness (QED) is 0.376. The molecule has 14 heteroatoms. The largest absolute Gasteiger partial charge is 0.490 e. The third-order valence-electron chi connectivity index (χ3n) is 4.08.